The summed E-state index contributed by atoms with van der Waals surface area (Å²) in [5, 5.41) is 10.7. The molecule has 0 aliphatic heterocycles. The normalized spacial score (nSPS) is 35.8. The van der Waals surface area contributed by atoms with Crippen LogP contribution < -0.4 is 5.73 Å². The van der Waals surface area contributed by atoms with E-state index in [1.807, 2.05) is 6.92 Å². The molecule has 3 atom stereocenters. The molecule has 3 unspecified atom stereocenters. The second-order valence-corrected chi connectivity index (χ2v) is 6.20. The highest BCUT2D eigenvalue weighted by molar-refractivity contribution is 5.01. The molecule has 0 spiro atoms. The summed E-state index contributed by atoms with van der Waals surface area (Å²) in [5.41, 5.74) is 5.31. The van der Waals surface area contributed by atoms with Crippen LogP contribution >= 0.6 is 0 Å². The minimum absolute atomic E-state index is 0.0311. The van der Waals surface area contributed by atoms with Gasteiger partial charge in [-0.3, -0.25) is 0 Å². The first-order valence-electron chi connectivity index (χ1n) is 6.25. The third kappa shape index (κ3) is 2.54. The highest BCUT2D eigenvalue weighted by Gasteiger charge is 2.49. The van der Waals surface area contributed by atoms with E-state index in [-0.39, 0.29) is 5.41 Å². The minimum Gasteiger partial charge on any atom is -0.390 e. The summed E-state index contributed by atoms with van der Waals surface area (Å²) in [7, 11) is 0. The van der Waals surface area contributed by atoms with Crippen molar-refractivity contribution in [3.8, 4) is 0 Å². The Morgan fingerprint density at radius 3 is 2.47 bits per heavy atom. The predicted molar refractivity (Wildman–Crippen MR) is 64.6 cm³/mol. The Kier molecular flexibility index (Phi) is 3.83. The molecule has 1 rings (SSSR count). The molecule has 2 nitrogen and oxygen atoms in total. The second-order valence-electron chi connectivity index (χ2n) is 6.20. The van der Waals surface area contributed by atoms with Gasteiger partial charge in [0, 0.05) is 12.0 Å². The lowest BCUT2D eigenvalue weighted by Gasteiger charge is -2.43. The smallest absolute Gasteiger partial charge is 0.0690 e. The minimum atomic E-state index is -0.597. The molecule has 3 N–H and O–H groups in total. The average molecular weight is 213 g/mol. The Balaban J connectivity index is 2.81. The maximum absolute atomic E-state index is 10.7. The third-order valence-electron chi connectivity index (χ3n) is 4.19. The molecule has 0 radical (unpaired) electrons. The van der Waals surface area contributed by atoms with Gasteiger partial charge >= 0.3 is 0 Å². The Morgan fingerprint density at radius 2 is 2.13 bits per heavy atom. The van der Waals surface area contributed by atoms with Gasteiger partial charge in [-0.05, 0) is 38.0 Å². The first kappa shape index (κ1) is 13.0. The molecule has 90 valence electrons. The quantitative estimate of drug-likeness (QED) is 0.754. The average Bonchev–Trinajstić information content (AvgIpc) is 2.46. The maximum atomic E-state index is 10.7. The zero-order valence-electron chi connectivity index (χ0n) is 10.7. The summed E-state index contributed by atoms with van der Waals surface area (Å²) in [6.45, 7) is 9.20. The van der Waals surface area contributed by atoms with Gasteiger partial charge in [-0.2, -0.15) is 0 Å². The Bertz CT molecular complexity index is 213. The molecule has 0 saturated heterocycles. The molecule has 0 aromatic rings. The second kappa shape index (κ2) is 4.42. The number of hydrogen-bond donors (Lipinski definition) is 2. The summed E-state index contributed by atoms with van der Waals surface area (Å²) in [6.07, 6.45) is 4.25. The predicted octanol–water partition coefficient (Wildman–Crippen LogP) is 2.55. The standard InChI is InChI=1S/C13H27NO/c1-10(2)7-12(4,15)13(9-14)6-5-11(3)8-13/h10-11,15H,5-9,14H2,1-4H3. The van der Waals surface area contributed by atoms with Crippen LogP contribution in [0.4, 0.5) is 0 Å². The fourth-order valence-corrected chi connectivity index (χ4v) is 3.30. The summed E-state index contributed by atoms with van der Waals surface area (Å²) in [6, 6.07) is 0. The topological polar surface area (TPSA) is 46.2 Å². The number of aliphatic hydroxyl groups is 1. The molecule has 1 fully saturated rings. The molecule has 0 amide bonds. The van der Waals surface area contributed by atoms with Gasteiger partial charge in [0.2, 0.25) is 0 Å². The van der Waals surface area contributed by atoms with Crippen LogP contribution in [0.3, 0.4) is 0 Å². The molecular formula is C13H27NO. The van der Waals surface area contributed by atoms with Crippen LogP contribution in [0.1, 0.15) is 53.4 Å². The zero-order chi connectivity index (χ0) is 11.7. The van der Waals surface area contributed by atoms with Gasteiger partial charge in [0.05, 0.1) is 5.60 Å². The first-order chi connectivity index (χ1) is 6.83. The monoisotopic (exact) mass is 213 g/mol. The fourth-order valence-electron chi connectivity index (χ4n) is 3.30. The highest BCUT2D eigenvalue weighted by atomic mass is 16.3. The van der Waals surface area contributed by atoms with Gasteiger partial charge in [-0.25, -0.2) is 0 Å². The SMILES string of the molecule is CC(C)CC(C)(O)C1(CN)CCC(C)C1. The lowest BCUT2D eigenvalue weighted by molar-refractivity contribution is -0.0787. The highest BCUT2D eigenvalue weighted by Crippen LogP contribution is 2.50. The van der Waals surface area contributed by atoms with Crippen molar-refractivity contribution in [3.05, 3.63) is 0 Å². The Hall–Kier alpha value is -0.0800. The third-order valence-corrected chi connectivity index (χ3v) is 4.19. The van der Waals surface area contributed by atoms with Crippen LogP contribution in [0.25, 0.3) is 0 Å². The summed E-state index contributed by atoms with van der Waals surface area (Å²) < 4.78 is 0. The van der Waals surface area contributed by atoms with Crippen LogP contribution in [0.2, 0.25) is 0 Å². The number of nitrogens with two attached hydrogens (primary N) is 1. The van der Waals surface area contributed by atoms with Gasteiger partial charge in [-0.15, -0.1) is 0 Å². The van der Waals surface area contributed by atoms with Gasteiger partial charge < -0.3 is 10.8 Å². The zero-order valence-corrected chi connectivity index (χ0v) is 10.7. The van der Waals surface area contributed by atoms with E-state index >= 15 is 0 Å². The van der Waals surface area contributed by atoms with Crippen LogP contribution in [0.5, 0.6) is 0 Å². The molecule has 0 bridgehead atoms. The summed E-state index contributed by atoms with van der Waals surface area (Å²) >= 11 is 0. The van der Waals surface area contributed by atoms with E-state index in [0.717, 1.165) is 19.3 Å². The Labute approximate surface area is 94.2 Å². The molecule has 0 aromatic carbocycles. The lowest BCUT2D eigenvalue weighted by Crippen LogP contribution is -2.50. The van der Waals surface area contributed by atoms with Crippen molar-refractivity contribution >= 4 is 0 Å². The molecule has 0 heterocycles. The van der Waals surface area contributed by atoms with Crippen molar-refractivity contribution in [1.29, 1.82) is 0 Å². The largest absolute Gasteiger partial charge is 0.390 e. The molecule has 1 saturated carbocycles. The lowest BCUT2D eigenvalue weighted by atomic mass is 9.67. The van der Waals surface area contributed by atoms with E-state index in [0.29, 0.717) is 18.4 Å². The van der Waals surface area contributed by atoms with Gasteiger partial charge in [0.15, 0.2) is 0 Å². The molecule has 2 heteroatoms. The van der Waals surface area contributed by atoms with Crippen molar-refractivity contribution in [2.75, 3.05) is 6.54 Å². The van der Waals surface area contributed by atoms with Crippen molar-refractivity contribution in [1.82, 2.24) is 0 Å². The van der Waals surface area contributed by atoms with E-state index in [2.05, 4.69) is 20.8 Å². The van der Waals surface area contributed by atoms with Crippen LogP contribution in [-0.4, -0.2) is 17.3 Å². The van der Waals surface area contributed by atoms with E-state index in [1.54, 1.807) is 0 Å². The van der Waals surface area contributed by atoms with Gasteiger partial charge in [-0.1, -0.05) is 27.2 Å². The van der Waals surface area contributed by atoms with Gasteiger partial charge in [0.25, 0.3) is 0 Å². The van der Waals surface area contributed by atoms with E-state index in [4.69, 9.17) is 5.73 Å². The maximum Gasteiger partial charge on any atom is 0.0690 e. The first-order valence-corrected chi connectivity index (χ1v) is 6.25. The van der Waals surface area contributed by atoms with Crippen molar-refractivity contribution < 1.29 is 5.11 Å². The molecule has 1 aliphatic rings. The van der Waals surface area contributed by atoms with E-state index in [1.165, 1.54) is 6.42 Å². The van der Waals surface area contributed by atoms with Crippen molar-refractivity contribution in [2.24, 2.45) is 23.0 Å². The number of hydrogen-bond acceptors (Lipinski definition) is 2. The molecular weight excluding hydrogens is 186 g/mol. The van der Waals surface area contributed by atoms with Crippen LogP contribution in [-0.2, 0) is 0 Å². The summed E-state index contributed by atoms with van der Waals surface area (Å²) in [5.74, 6) is 1.24. The molecule has 0 aromatic heterocycles. The fraction of sp³-hybridized carbons (Fsp3) is 1.00. The van der Waals surface area contributed by atoms with Crippen molar-refractivity contribution in [3.63, 3.8) is 0 Å². The van der Waals surface area contributed by atoms with Gasteiger partial charge in [0.1, 0.15) is 0 Å². The molecule has 15 heavy (non-hydrogen) atoms. The van der Waals surface area contributed by atoms with Crippen LogP contribution in [0.15, 0.2) is 0 Å². The summed E-state index contributed by atoms with van der Waals surface area (Å²) in [4.78, 5) is 0. The van der Waals surface area contributed by atoms with E-state index in [9.17, 15) is 5.11 Å². The Morgan fingerprint density at radius 1 is 1.53 bits per heavy atom. The van der Waals surface area contributed by atoms with Crippen molar-refractivity contribution in [2.45, 2.75) is 59.0 Å². The molecule has 1 aliphatic carbocycles. The van der Waals surface area contributed by atoms with E-state index < -0.39 is 5.60 Å². The number of rotatable bonds is 4. The van der Waals surface area contributed by atoms with Crippen LogP contribution in [0, 0.1) is 17.3 Å².